The minimum Gasteiger partial charge on any atom is -0.276 e. The number of rotatable bonds is 35. The summed E-state index contributed by atoms with van der Waals surface area (Å²) in [6.45, 7) is 2.30. The molecule has 0 aliphatic heterocycles. The molecule has 0 rings (SSSR count). The van der Waals surface area contributed by atoms with Crippen molar-refractivity contribution >= 4 is 28.8 Å². The van der Waals surface area contributed by atoms with Crippen LogP contribution in [-0.4, -0.2) is 14.4 Å². The largest absolute Gasteiger partial charge is 0.276 e. The summed E-state index contributed by atoms with van der Waals surface area (Å²) < 4.78 is 0.682. The average Bonchev–Trinajstić information content (AvgIpc) is 2.97. The van der Waals surface area contributed by atoms with E-state index in [0.717, 1.165) is 12.8 Å². The van der Waals surface area contributed by atoms with E-state index in [0.29, 0.717) is 9.70 Å². The minimum atomic E-state index is -0.179. The molecule has 0 fully saturated rings. The van der Waals surface area contributed by atoms with Crippen LogP contribution in [0.5, 0.6) is 0 Å². The number of halogens is 1. The fraction of sp³-hybridized carbons (Fsp3) is 0.973. The van der Waals surface area contributed by atoms with Crippen LogP contribution in [0.15, 0.2) is 0 Å². The van der Waals surface area contributed by atoms with E-state index in [2.05, 4.69) is 6.92 Å². The second-order valence-electron chi connectivity index (χ2n) is 13.1. The summed E-state index contributed by atoms with van der Waals surface area (Å²) in [4.78, 5) is 11.3. The molecule has 246 valence electrons. The van der Waals surface area contributed by atoms with Gasteiger partial charge in [-0.15, -0.1) is 0 Å². The Morgan fingerprint density at radius 1 is 0.390 bits per heavy atom. The quantitative estimate of drug-likeness (QED) is 0.0236. The van der Waals surface area contributed by atoms with Crippen molar-refractivity contribution < 1.29 is 10.0 Å². The van der Waals surface area contributed by atoms with E-state index in [1.54, 1.807) is 22.9 Å². The number of carbonyl (C=O) groups excluding carboxylic acids is 1. The topological polar surface area (TPSA) is 40.5 Å². The van der Waals surface area contributed by atoms with Crippen LogP contribution in [0.2, 0.25) is 0 Å². The van der Waals surface area contributed by atoms with Gasteiger partial charge in [0, 0.05) is 6.42 Å². The first-order valence-corrected chi connectivity index (χ1v) is 19.8. The predicted molar refractivity (Wildman–Crippen MR) is 190 cm³/mol. The highest BCUT2D eigenvalue weighted by molar-refractivity contribution is 14.1. The third-order valence-electron chi connectivity index (χ3n) is 8.95. The Kier molecular flexibility index (Phi) is 36.5. The summed E-state index contributed by atoms with van der Waals surface area (Å²) in [5, 5.41) is 9.01. The Morgan fingerprint density at radius 3 is 0.732 bits per heavy atom. The summed E-state index contributed by atoms with van der Waals surface area (Å²) in [5.41, 5.74) is 0. The van der Waals surface area contributed by atoms with Gasteiger partial charge in [0.1, 0.15) is 0 Å². The highest BCUT2D eigenvalue weighted by Crippen LogP contribution is 2.17. The Balaban J connectivity index is 3.05. The van der Waals surface area contributed by atoms with E-state index in [1.165, 1.54) is 205 Å². The van der Waals surface area contributed by atoms with Crippen molar-refractivity contribution in [3.8, 4) is 0 Å². The van der Waals surface area contributed by atoms with Crippen molar-refractivity contribution in [1.82, 2.24) is 3.28 Å². The maximum atomic E-state index is 11.3. The number of unbranched alkanes of at least 4 members (excludes halogenated alkanes) is 33. The van der Waals surface area contributed by atoms with Gasteiger partial charge in [-0.3, -0.25) is 10.0 Å². The predicted octanol–water partition coefficient (Wildman–Crippen LogP) is 14.2. The van der Waals surface area contributed by atoms with Gasteiger partial charge in [-0.25, -0.2) is 0 Å². The molecule has 0 heterocycles. The number of hydroxylamine groups is 1. The molecule has 0 unspecified atom stereocenters. The van der Waals surface area contributed by atoms with E-state index in [-0.39, 0.29) is 5.91 Å². The lowest BCUT2D eigenvalue weighted by molar-refractivity contribution is -0.141. The average molecular weight is 692 g/mol. The smallest absolute Gasteiger partial charge is 0.255 e. The van der Waals surface area contributed by atoms with Crippen LogP contribution in [0.25, 0.3) is 0 Å². The molecule has 0 aromatic heterocycles. The van der Waals surface area contributed by atoms with Crippen molar-refractivity contribution in [2.24, 2.45) is 0 Å². The third-order valence-corrected chi connectivity index (χ3v) is 9.49. The van der Waals surface area contributed by atoms with Crippen LogP contribution in [-0.2, 0) is 4.79 Å². The fourth-order valence-corrected chi connectivity index (χ4v) is 6.34. The molecule has 3 nitrogen and oxygen atoms in total. The van der Waals surface area contributed by atoms with Crippen LogP contribution in [0.1, 0.15) is 232 Å². The van der Waals surface area contributed by atoms with Gasteiger partial charge in [0.2, 0.25) is 0 Å². The lowest BCUT2D eigenvalue weighted by Gasteiger charge is -2.05. The lowest BCUT2D eigenvalue weighted by atomic mass is 10.0. The molecule has 4 heteroatoms. The van der Waals surface area contributed by atoms with Gasteiger partial charge in [-0.05, 0) is 6.42 Å². The molecule has 0 saturated carbocycles. The first kappa shape index (κ1) is 41.2. The van der Waals surface area contributed by atoms with Crippen LogP contribution in [0.4, 0.5) is 0 Å². The molecule has 0 aromatic carbocycles. The molecule has 1 amide bonds. The molecule has 41 heavy (non-hydrogen) atoms. The van der Waals surface area contributed by atoms with E-state index in [1.807, 2.05) is 0 Å². The second-order valence-corrected chi connectivity index (χ2v) is 14.0. The van der Waals surface area contributed by atoms with Crippen LogP contribution in [0.3, 0.4) is 0 Å². The Labute approximate surface area is 272 Å². The number of nitrogens with zero attached hydrogens (tertiary/aromatic N) is 1. The molecule has 0 atom stereocenters. The van der Waals surface area contributed by atoms with Gasteiger partial charge < -0.3 is 0 Å². The van der Waals surface area contributed by atoms with Crippen LogP contribution in [0, 0.1) is 0 Å². The Morgan fingerprint density at radius 2 is 0.561 bits per heavy atom. The molecule has 0 aliphatic rings. The van der Waals surface area contributed by atoms with Gasteiger partial charge in [0.15, 0.2) is 0 Å². The number of amides is 1. The SMILES string of the molecule is CCCCCCCCCCCCCCCCCCCCCCCCCCCCCCCCCCCCC(=O)N(O)I. The van der Waals surface area contributed by atoms with Crippen molar-refractivity contribution in [3.05, 3.63) is 0 Å². The van der Waals surface area contributed by atoms with E-state index >= 15 is 0 Å². The first-order valence-electron chi connectivity index (χ1n) is 18.9. The lowest BCUT2D eigenvalue weighted by Crippen LogP contribution is -2.15. The standard InChI is InChI=1S/C37H74INO2/c1-2-3-4-5-6-7-8-9-10-11-12-13-14-15-16-17-18-19-20-21-22-23-24-25-26-27-28-29-30-31-32-33-34-35-36-37(40)39(38)41/h41H,2-36H2,1H3. The van der Waals surface area contributed by atoms with Crippen LogP contribution >= 0.6 is 22.9 Å². The summed E-state index contributed by atoms with van der Waals surface area (Å²) >= 11 is 1.62. The molecule has 0 aliphatic carbocycles. The van der Waals surface area contributed by atoms with Gasteiger partial charge in [-0.2, -0.15) is 3.28 Å². The Hall–Kier alpha value is 0.160. The molecule has 1 N–H and O–H groups in total. The van der Waals surface area contributed by atoms with E-state index in [9.17, 15) is 4.79 Å². The zero-order chi connectivity index (χ0) is 29.9. The Bertz CT molecular complexity index is 499. The zero-order valence-electron chi connectivity index (χ0n) is 27.9. The van der Waals surface area contributed by atoms with Crippen molar-refractivity contribution in [2.75, 3.05) is 0 Å². The molecule has 0 bridgehead atoms. The fourth-order valence-electron chi connectivity index (χ4n) is 6.10. The highest BCUT2D eigenvalue weighted by atomic mass is 127. The molecular weight excluding hydrogens is 617 g/mol. The molecule has 0 aromatic rings. The number of carbonyl (C=O) groups is 1. The maximum Gasteiger partial charge on any atom is 0.255 e. The second kappa shape index (κ2) is 36.4. The van der Waals surface area contributed by atoms with Gasteiger partial charge >= 0.3 is 0 Å². The van der Waals surface area contributed by atoms with Crippen LogP contribution < -0.4 is 0 Å². The number of hydrogen-bond acceptors (Lipinski definition) is 2. The van der Waals surface area contributed by atoms with E-state index < -0.39 is 0 Å². The van der Waals surface area contributed by atoms with E-state index in [4.69, 9.17) is 5.21 Å². The summed E-state index contributed by atoms with van der Waals surface area (Å²) in [6.07, 6.45) is 48.6. The first-order chi connectivity index (χ1) is 20.2. The molecule has 0 spiro atoms. The van der Waals surface area contributed by atoms with Gasteiger partial charge in [0.05, 0.1) is 22.9 Å². The highest BCUT2D eigenvalue weighted by Gasteiger charge is 2.05. The third kappa shape index (κ3) is 36.3. The van der Waals surface area contributed by atoms with Crippen molar-refractivity contribution in [3.63, 3.8) is 0 Å². The summed E-state index contributed by atoms with van der Waals surface area (Å²) in [6, 6.07) is 0. The van der Waals surface area contributed by atoms with Gasteiger partial charge in [-0.1, -0.05) is 219 Å². The minimum absolute atomic E-state index is 0.179. The molecule has 0 saturated heterocycles. The van der Waals surface area contributed by atoms with Crippen molar-refractivity contribution in [1.29, 1.82) is 0 Å². The summed E-state index contributed by atoms with van der Waals surface area (Å²) in [5.74, 6) is -0.179. The summed E-state index contributed by atoms with van der Waals surface area (Å²) in [7, 11) is 0. The molecular formula is C37H74INO2. The normalized spacial score (nSPS) is 11.4. The molecule has 0 radical (unpaired) electrons. The zero-order valence-corrected chi connectivity index (χ0v) is 30.1. The van der Waals surface area contributed by atoms with Crippen molar-refractivity contribution in [2.45, 2.75) is 232 Å². The number of hydrogen-bond donors (Lipinski definition) is 1. The maximum absolute atomic E-state index is 11.3. The van der Waals surface area contributed by atoms with Gasteiger partial charge in [0.25, 0.3) is 5.91 Å². The monoisotopic (exact) mass is 691 g/mol.